The molecule has 0 atom stereocenters. The van der Waals surface area contributed by atoms with E-state index in [2.05, 4.69) is 28.5 Å². The molecule has 5 nitrogen and oxygen atoms in total. The van der Waals surface area contributed by atoms with Crippen LogP contribution in [0.15, 0.2) is 0 Å². The number of Topliss-reactive ketones (excluding diaryl/α,β-unsaturated/α-hetero) is 1. The second-order valence-electron chi connectivity index (χ2n) is 7.01. The minimum absolute atomic E-state index is 0.288. The van der Waals surface area contributed by atoms with Crippen molar-refractivity contribution < 1.29 is 9.53 Å². The van der Waals surface area contributed by atoms with Gasteiger partial charge in [0.1, 0.15) is 5.78 Å². The van der Waals surface area contributed by atoms with Crippen LogP contribution in [0.5, 0.6) is 0 Å². The molecule has 0 unspecified atom stereocenters. The van der Waals surface area contributed by atoms with Crippen molar-refractivity contribution in [2.45, 2.75) is 45.8 Å². The average molecular weight is 311 g/mol. The molecule has 2 aliphatic heterocycles. The summed E-state index contributed by atoms with van der Waals surface area (Å²) in [6, 6.07) is 0.720. The topological polar surface area (TPSA) is 36.0 Å². The quantitative estimate of drug-likeness (QED) is 0.703. The molecule has 0 aromatic heterocycles. The van der Waals surface area contributed by atoms with Crippen molar-refractivity contribution in [1.29, 1.82) is 0 Å². The van der Waals surface area contributed by atoms with E-state index in [0.717, 1.165) is 45.4 Å². The summed E-state index contributed by atoms with van der Waals surface area (Å²) in [4.78, 5) is 18.7. The molecule has 0 aromatic rings. The van der Waals surface area contributed by atoms with E-state index < -0.39 is 0 Å². The number of carbonyl (C=O) groups is 1. The van der Waals surface area contributed by atoms with Gasteiger partial charge in [-0.1, -0.05) is 0 Å². The molecular weight excluding hydrogens is 278 g/mol. The normalized spacial score (nSPS) is 23.3. The minimum atomic E-state index is 0.288. The summed E-state index contributed by atoms with van der Waals surface area (Å²) in [5.41, 5.74) is 0. The van der Waals surface area contributed by atoms with Crippen LogP contribution in [0.25, 0.3) is 0 Å². The number of carbonyl (C=O) groups excluding carboxylic acids is 1. The van der Waals surface area contributed by atoms with Gasteiger partial charge < -0.3 is 4.74 Å². The van der Waals surface area contributed by atoms with Gasteiger partial charge in [-0.3, -0.25) is 19.5 Å². The number of ether oxygens (including phenoxy) is 1. The minimum Gasteiger partial charge on any atom is -0.377 e. The largest absolute Gasteiger partial charge is 0.377 e. The van der Waals surface area contributed by atoms with Crippen molar-refractivity contribution in [3.63, 3.8) is 0 Å². The Morgan fingerprint density at radius 1 is 1.05 bits per heavy atom. The fourth-order valence-corrected chi connectivity index (χ4v) is 3.53. The van der Waals surface area contributed by atoms with Crippen LogP contribution in [-0.2, 0) is 9.53 Å². The van der Waals surface area contributed by atoms with E-state index in [1.807, 2.05) is 0 Å². The molecule has 2 saturated heterocycles. The first-order valence-electron chi connectivity index (χ1n) is 8.84. The lowest BCUT2D eigenvalue weighted by molar-refractivity contribution is -0.118. The molecule has 0 saturated carbocycles. The van der Waals surface area contributed by atoms with Crippen molar-refractivity contribution in [3.05, 3.63) is 0 Å². The van der Waals surface area contributed by atoms with Gasteiger partial charge in [0.25, 0.3) is 0 Å². The molecule has 2 heterocycles. The molecule has 2 rings (SSSR count). The Morgan fingerprint density at radius 3 is 2.23 bits per heavy atom. The Hall–Kier alpha value is -0.490. The predicted octanol–water partition coefficient (Wildman–Crippen LogP) is 1.08. The van der Waals surface area contributed by atoms with Crippen molar-refractivity contribution in [1.82, 2.24) is 14.7 Å². The number of piperidine rings is 1. The van der Waals surface area contributed by atoms with Gasteiger partial charge in [0.2, 0.25) is 0 Å². The van der Waals surface area contributed by atoms with Gasteiger partial charge in [0.05, 0.1) is 19.3 Å². The maximum Gasteiger partial charge on any atom is 0.143 e. The van der Waals surface area contributed by atoms with Crippen LogP contribution >= 0.6 is 0 Å². The molecule has 0 aliphatic carbocycles. The third-order valence-electron chi connectivity index (χ3n) is 4.79. The van der Waals surface area contributed by atoms with Gasteiger partial charge in [0, 0.05) is 51.9 Å². The molecule has 22 heavy (non-hydrogen) atoms. The molecule has 0 N–H and O–H groups in total. The standard InChI is InChI=1S/C17H33N3O2/c1-15(2)22-13-12-18-8-10-20(11-9-18)17-4-6-19(7-5-17)14-16(3)21/h15,17H,4-14H2,1-3H3. The Morgan fingerprint density at radius 2 is 1.68 bits per heavy atom. The highest BCUT2D eigenvalue weighted by molar-refractivity contribution is 5.77. The van der Waals surface area contributed by atoms with E-state index in [1.54, 1.807) is 6.92 Å². The lowest BCUT2D eigenvalue weighted by Crippen LogP contribution is -2.53. The van der Waals surface area contributed by atoms with E-state index in [-0.39, 0.29) is 5.78 Å². The third-order valence-corrected chi connectivity index (χ3v) is 4.79. The van der Waals surface area contributed by atoms with Crippen molar-refractivity contribution in [2.75, 3.05) is 59.0 Å². The van der Waals surface area contributed by atoms with Crippen LogP contribution in [0.4, 0.5) is 0 Å². The molecule has 0 bridgehead atoms. The molecule has 0 amide bonds. The maximum atomic E-state index is 11.2. The molecule has 128 valence electrons. The Bertz CT molecular complexity index is 333. The predicted molar refractivity (Wildman–Crippen MR) is 89.2 cm³/mol. The lowest BCUT2D eigenvalue weighted by atomic mass is 10.0. The van der Waals surface area contributed by atoms with Crippen molar-refractivity contribution >= 4 is 5.78 Å². The Kier molecular flexibility index (Phi) is 7.28. The number of rotatable bonds is 7. The molecule has 2 fully saturated rings. The highest BCUT2D eigenvalue weighted by Gasteiger charge is 2.27. The second-order valence-corrected chi connectivity index (χ2v) is 7.01. The number of piperazine rings is 1. The van der Waals surface area contributed by atoms with E-state index in [9.17, 15) is 4.79 Å². The first-order valence-corrected chi connectivity index (χ1v) is 8.84. The summed E-state index contributed by atoms with van der Waals surface area (Å²) < 4.78 is 5.64. The summed E-state index contributed by atoms with van der Waals surface area (Å²) in [7, 11) is 0. The fraction of sp³-hybridized carbons (Fsp3) is 0.941. The highest BCUT2D eigenvalue weighted by atomic mass is 16.5. The molecule has 5 heteroatoms. The van der Waals surface area contributed by atoms with Gasteiger partial charge in [-0.05, 0) is 33.6 Å². The van der Waals surface area contributed by atoms with Crippen LogP contribution in [0.3, 0.4) is 0 Å². The number of nitrogens with zero attached hydrogens (tertiary/aromatic N) is 3. The zero-order valence-electron chi connectivity index (χ0n) is 14.6. The summed E-state index contributed by atoms with van der Waals surface area (Å²) in [5, 5.41) is 0. The molecule has 0 radical (unpaired) electrons. The van der Waals surface area contributed by atoms with E-state index in [0.29, 0.717) is 12.6 Å². The summed E-state index contributed by atoms with van der Waals surface area (Å²) in [5.74, 6) is 0.288. The number of hydrogen-bond donors (Lipinski definition) is 0. The smallest absolute Gasteiger partial charge is 0.143 e. The third kappa shape index (κ3) is 5.95. The number of likely N-dealkylation sites (tertiary alicyclic amines) is 1. The van der Waals surface area contributed by atoms with Gasteiger partial charge in [-0.25, -0.2) is 0 Å². The summed E-state index contributed by atoms with van der Waals surface area (Å²) in [6.07, 6.45) is 2.76. The Labute approximate surface area is 135 Å². The van der Waals surface area contributed by atoms with E-state index in [4.69, 9.17) is 4.74 Å². The van der Waals surface area contributed by atoms with Crippen molar-refractivity contribution in [3.8, 4) is 0 Å². The fourth-order valence-electron chi connectivity index (χ4n) is 3.53. The van der Waals surface area contributed by atoms with Gasteiger partial charge in [-0.15, -0.1) is 0 Å². The molecule has 0 aromatic carbocycles. The van der Waals surface area contributed by atoms with Gasteiger partial charge in [0.15, 0.2) is 0 Å². The summed E-state index contributed by atoms with van der Waals surface area (Å²) >= 11 is 0. The van der Waals surface area contributed by atoms with E-state index in [1.165, 1.54) is 25.9 Å². The first kappa shape index (κ1) is 17.9. The highest BCUT2D eigenvalue weighted by Crippen LogP contribution is 2.18. The maximum absolute atomic E-state index is 11.2. The monoisotopic (exact) mass is 311 g/mol. The van der Waals surface area contributed by atoms with Crippen LogP contribution < -0.4 is 0 Å². The second kappa shape index (κ2) is 8.96. The number of ketones is 1. The van der Waals surface area contributed by atoms with Crippen LogP contribution in [0.1, 0.15) is 33.6 Å². The summed E-state index contributed by atoms with van der Waals surface area (Å²) in [6.45, 7) is 15.3. The van der Waals surface area contributed by atoms with Crippen LogP contribution in [0.2, 0.25) is 0 Å². The average Bonchev–Trinajstić information content (AvgIpc) is 2.48. The molecule has 0 spiro atoms. The molecule has 2 aliphatic rings. The van der Waals surface area contributed by atoms with Crippen molar-refractivity contribution in [2.24, 2.45) is 0 Å². The Balaban J connectivity index is 1.62. The van der Waals surface area contributed by atoms with Crippen LogP contribution in [0, 0.1) is 0 Å². The van der Waals surface area contributed by atoms with Gasteiger partial charge >= 0.3 is 0 Å². The van der Waals surface area contributed by atoms with Gasteiger partial charge in [-0.2, -0.15) is 0 Å². The SMILES string of the molecule is CC(=O)CN1CCC(N2CCN(CCOC(C)C)CC2)CC1. The van der Waals surface area contributed by atoms with Crippen LogP contribution in [-0.4, -0.2) is 91.6 Å². The zero-order chi connectivity index (χ0) is 15.9. The zero-order valence-corrected chi connectivity index (χ0v) is 14.6. The number of hydrogen-bond acceptors (Lipinski definition) is 5. The first-order chi connectivity index (χ1) is 10.5. The molecular formula is C17H33N3O2. The van der Waals surface area contributed by atoms with E-state index >= 15 is 0 Å². The lowest BCUT2D eigenvalue weighted by Gasteiger charge is -2.42.